The van der Waals surface area contributed by atoms with E-state index in [1.165, 1.54) is 4.88 Å². The van der Waals surface area contributed by atoms with E-state index < -0.39 is 0 Å². The van der Waals surface area contributed by atoms with Crippen LogP contribution in [-0.2, 0) is 0 Å². The Labute approximate surface area is 154 Å². The summed E-state index contributed by atoms with van der Waals surface area (Å²) in [6, 6.07) is 8.45. The normalized spacial score (nSPS) is 12.4. The van der Waals surface area contributed by atoms with Gasteiger partial charge in [-0.3, -0.25) is 0 Å². The van der Waals surface area contributed by atoms with Crippen LogP contribution in [0.15, 0.2) is 37.0 Å². The number of benzene rings is 1. The number of halogens is 3. The van der Waals surface area contributed by atoms with Crippen LogP contribution in [0.4, 0.5) is 0 Å². The topological polar surface area (TPSA) is 21.3 Å². The summed E-state index contributed by atoms with van der Waals surface area (Å²) in [6.07, 6.45) is 1.09. The van der Waals surface area contributed by atoms with Crippen molar-refractivity contribution in [1.82, 2.24) is 5.32 Å². The summed E-state index contributed by atoms with van der Waals surface area (Å²) in [5.74, 6) is 0.888. The summed E-state index contributed by atoms with van der Waals surface area (Å²) in [6.45, 7) is 3.13. The molecule has 0 saturated carbocycles. The number of thiophene rings is 1. The van der Waals surface area contributed by atoms with E-state index >= 15 is 0 Å². The first-order valence-corrected chi connectivity index (χ1v) is 9.78. The molecule has 1 aromatic carbocycles. The molecule has 0 bridgehead atoms. The van der Waals surface area contributed by atoms with Crippen molar-refractivity contribution < 1.29 is 4.74 Å². The average molecular weight is 498 g/mol. The lowest BCUT2D eigenvalue weighted by molar-refractivity contribution is 0.404. The molecule has 0 spiro atoms. The molecule has 114 valence electrons. The maximum Gasteiger partial charge on any atom is 0.125 e. The Morgan fingerprint density at radius 3 is 2.57 bits per heavy atom. The van der Waals surface area contributed by atoms with Crippen LogP contribution < -0.4 is 10.1 Å². The molecule has 0 amide bonds. The second kappa shape index (κ2) is 8.11. The first kappa shape index (κ1) is 17.5. The molecule has 0 saturated heterocycles. The van der Waals surface area contributed by atoms with Gasteiger partial charge in [-0.1, -0.05) is 28.9 Å². The zero-order chi connectivity index (χ0) is 15.4. The van der Waals surface area contributed by atoms with Gasteiger partial charge in [0, 0.05) is 19.4 Å². The van der Waals surface area contributed by atoms with Gasteiger partial charge in [0.1, 0.15) is 5.75 Å². The number of hydrogen-bond donors (Lipinski definition) is 1. The monoisotopic (exact) mass is 495 g/mol. The van der Waals surface area contributed by atoms with Crippen molar-refractivity contribution in [2.75, 3.05) is 13.7 Å². The lowest BCUT2D eigenvalue weighted by Gasteiger charge is -2.20. The van der Waals surface area contributed by atoms with E-state index in [1.54, 1.807) is 18.4 Å². The number of nitrogens with one attached hydrogen (secondary N) is 1. The molecule has 2 aromatic rings. The molecule has 0 aliphatic rings. The fraction of sp³-hybridized carbons (Fsp3) is 0.333. The number of rotatable bonds is 6. The third-order valence-corrected chi connectivity index (χ3v) is 6.87. The van der Waals surface area contributed by atoms with E-state index in [4.69, 9.17) is 4.74 Å². The van der Waals surface area contributed by atoms with Gasteiger partial charge in [0.05, 0.1) is 16.9 Å². The maximum absolute atomic E-state index is 5.56. The van der Waals surface area contributed by atoms with E-state index in [0.29, 0.717) is 0 Å². The third-order valence-electron chi connectivity index (χ3n) is 3.05. The van der Waals surface area contributed by atoms with Gasteiger partial charge < -0.3 is 10.1 Å². The summed E-state index contributed by atoms with van der Waals surface area (Å²) < 4.78 is 8.77. The van der Waals surface area contributed by atoms with E-state index in [9.17, 15) is 0 Å². The number of methoxy groups -OCH3 is 1. The fourth-order valence-electron chi connectivity index (χ4n) is 2.08. The average Bonchev–Trinajstić information content (AvgIpc) is 2.80. The van der Waals surface area contributed by atoms with Gasteiger partial charge in [0.2, 0.25) is 0 Å². The predicted molar refractivity (Wildman–Crippen MR) is 101 cm³/mol. The highest BCUT2D eigenvalue weighted by Gasteiger charge is 2.21. The van der Waals surface area contributed by atoms with Gasteiger partial charge in [-0.2, -0.15) is 0 Å². The van der Waals surface area contributed by atoms with Crippen molar-refractivity contribution in [3.63, 3.8) is 0 Å². The zero-order valence-corrected chi connectivity index (χ0v) is 17.3. The van der Waals surface area contributed by atoms with E-state index in [0.717, 1.165) is 37.0 Å². The summed E-state index contributed by atoms with van der Waals surface area (Å²) in [4.78, 5) is 1.25. The van der Waals surface area contributed by atoms with Gasteiger partial charge in [0.15, 0.2) is 0 Å². The van der Waals surface area contributed by atoms with Crippen molar-refractivity contribution in [3.05, 3.63) is 47.4 Å². The van der Waals surface area contributed by atoms with Gasteiger partial charge in [-0.05, 0) is 63.0 Å². The van der Waals surface area contributed by atoms with Crippen molar-refractivity contribution in [3.8, 4) is 5.75 Å². The van der Waals surface area contributed by atoms with Gasteiger partial charge in [0.25, 0.3) is 0 Å². The van der Waals surface area contributed by atoms with Crippen LogP contribution in [0.2, 0.25) is 0 Å². The molecule has 1 unspecified atom stereocenters. The summed E-state index contributed by atoms with van der Waals surface area (Å²) >= 11 is 12.4. The van der Waals surface area contributed by atoms with Crippen molar-refractivity contribution in [2.45, 2.75) is 19.4 Å². The Kier molecular flexibility index (Phi) is 6.75. The minimum Gasteiger partial charge on any atom is -0.496 e. The Morgan fingerprint density at radius 2 is 2.00 bits per heavy atom. The largest absolute Gasteiger partial charge is 0.496 e. The zero-order valence-electron chi connectivity index (χ0n) is 11.8. The molecule has 1 atom stereocenters. The highest BCUT2D eigenvalue weighted by atomic mass is 79.9. The van der Waals surface area contributed by atoms with Crippen LogP contribution in [-0.4, -0.2) is 13.7 Å². The quantitative estimate of drug-likeness (QED) is 0.518. The smallest absolute Gasteiger partial charge is 0.125 e. The van der Waals surface area contributed by atoms with Crippen LogP contribution in [0.1, 0.15) is 29.8 Å². The molecule has 1 N–H and O–H groups in total. The minimum atomic E-state index is 0.126. The summed E-state index contributed by atoms with van der Waals surface area (Å²) in [5, 5.41) is 3.61. The van der Waals surface area contributed by atoms with Crippen LogP contribution in [0.5, 0.6) is 5.75 Å². The number of hydrogen-bond acceptors (Lipinski definition) is 3. The lowest BCUT2D eigenvalue weighted by atomic mass is 10.0. The minimum absolute atomic E-state index is 0.126. The van der Waals surface area contributed by atoms with Gasteiger partial charge in [-0.25, -0.2) is 0 Å². The molecule has 1 aromatic heterocycles. The molecular formula is C15H16Br3NOS. The van der Waals surface area contributed by atoms with Crippen molar-refractivity contribution >= 4 is 59.1 Å². The molecule has 2 rings (SSSR count). The van der Waals surface area contributed by atoms with Crippen molar-refractivity contribution in [1.29, 1.82) is 0 Å². The second-order valence-corrected chi connectivity index (χ2v) is 8.72. The molecular weight excluding hydrogens is 482 g/mol. The van der Waals surface area contributed by atoms with Crippen LogP contribution >= 0.6 is 59.1 Å². The highest BCUT2D eigenvalue weighted by molar-refractivity contribution is 9.13. The molecule has 0 radical (unpaired) electrons. The standard InChI is InChI=1S/C15H16Br3NOS/c1-3-6-19-14(13-8-11(17)15(18)21-13)10-5-4-9(16)7-12(10)20-2/h4-5,7-8,14,19H,3,6H2,1-2H3. The molecule has 0 aliphatic heterocycles. The molecule has 1 heterocycles. The maximum atomic E-state index is 5.56. The first-order valence-electron chi connectivity index (χ1n) is 6.58. The van der Waals surface area contributed by atoms with Gasteiger partial charge >= 0.3 is 0 Å². The molecule has 6 heteroatoms. The Hall–Kier alpha value is 0.120. The van der Waals surface area contributed by atoms with E-state index in [-0.39, 0.29) is 6.04 Å². The molecule has 0 fully saturated rings. The fourth-order valence-corrected chi connectivity index (χ4v) is 4.61. The SMILES string of the molecule is CCCNC(c1cc(Br)c(Br)s1)c1ccc(Br)cc1OC. The molecule has 0 aliphatic carbocycles. The highest BCUT2D eigenvalue weighted by Crippen LogP contribution is 2.40. The summed E-state index contributed by atoms with van der Waals surface area (Å²) in [5.41, 5.74) is 1.15. The summed E-state index contributed by atoms with van der Waals surface area (Å²) in [7, 11) is 1.71. The van der Waals surface area contributed by atoms with E-state index in [2.05, 4.69) is 78.2 Å². The van der Waals surface area contributed by atoms with E-state index in [1.807, 2.05) is 6.07 Å². The first-order chi connectivity index (χ1) is 10.1. The van der Waals surface area contributed by atoms with Crippen LogP contribution in [0.3, 0.4) is 0 Å². The second-order valence-electron chi connectivity index (χ2n) is 4.54. The Balaban J connectivity index is 2.44. The predicted octanol–water partition coefficient (Wildman–Crippen LogP) is 6.13. The van der Waals surface area contributed by atoms with Crippen LogP contribution in [0.25, 0.3) is 0 Å². The Morgan fingerprint density at radius 1 is 1.24 bits per heavy atom. The van der Waals surface area contributed by atoms with Gasteiger partial charge in [-0.15, -0.1) is 11.3 Å². The van der Waals surface area contributed by atoms with Crippen molar-refractivity contribution in [2.24, 2.45) is 0 Å². The molecule has 21 heavy (non-hydrogen) atoms. The van der Waals surface area contributed by atoms with Crippen LogP contribution in [0, 0.1) is 0 Å². The lowest BCUT2D eigenvalue weighted by Crippen LogP contribution is -2.22. The molecule has 2 nitrogen and oxygen atoms in total. The Bertz CT molecular complexity index is 595. The third kappa shape index (κ3) is 4.32. The number of ether oxygens (including phenoxy) is 1.